The van der Waals surface area contributed by atoms with E-state index < -0.39 is 11.6 Å². The highest BCUT2D eigenvalue weighted by atomic mass is 79.9. The molecule has 0 radical (unpaired) electrons. The maximum atomic E-state index is 13.6. The third kappa shape index (κ3) is 2.55. The van der Waals surface area contributed by atoms with Gasteiger partial charge in [-0.1, -0.05) is 29.3 Å². The number of carbonyl (C=O) groups is 1. The van der Waals surface area contributed by atoms with Crippen LogP contribution in [0.3, 0.4) is 0 Å². The second-order valence-electron chi connectivity index (χ2n) is 3.16. The van der Waals surface area contributed by atoms with E-state index in [1.807, 2.05) is 0 Å². The van der Waals surface area contributed by atoms with Crippen LogP contribution in [0.4, 0.5) is 4.39 Å². The summed E-state index contributed by atoms with van der Waals surface area (Å²) in [4.78, 5) is 12.1. The van der Waals surface area contributed by atoms with Crippen LogP contribution in [-0.2, 0) is 0 Å². The van der Waals surface area contributed by atoms with Crippen molar-refractivity contribution in [2.45, 2.75) is 0 Å². The summed E-state index contributed by atoms with van der Waals surface area (Å²) >= 11 is 15.8. The number of benzene rings is 1. The second-order valence-corrected chi connectivity index (χ2v) is 6.30. The molecule has 1 aromatic carbocycles. The van der Waals surface area contributed by atoms with Crippen molar-refractivity contribution >= 4 is 56.3 Å². The fourth-order valence-corrected chi connectivity index (χ4v) is 3.32. The number of thiophene rings is 1. The molecule has 0 saturated carbocycles. The highest BCUT2D eigenvalue weighted by Gasteiger charge is 2.21. The molecule has 0 saturated heterocycles. The predicted octanol–water partition coefficient (Wildman–Crippen LogP) is 5.19. The molecule has 0 atom stereocenters. The average molecular weight is 354 g/mol. The third-order valence-electron chi connectivity index (χ3n) is 2.09. The lowest BCUT2D eigenvalue weighted by Crippen LogP contribution is -2.04. The quantitative estimate of drug-likeness (QED) is 0.679. The van der Waals surface area contributed by atoms with Crippen molar-refractivity contribution in [1.29, 1.82) is 0 Å². The predicted molar refractivity (Wildman–Crippen MR) is 71.9 cm³/mol. The largest absolute Gasteiger partial charge is 0.288 e. The minimum atomic E-state index is -0.595. The van der Waals surface area contributed by atoms with E-state index in [0.717, 1.165) is 11.3 Å². The van der Waals surface area contributed by atoms with E-state index in [1.54, 1.807) is 6.07 Å². The fourth-order valence-electron chi connectivity index (χ4n) is 1.34. The first-order valence-electron chi connectivity index (χ1n) is 4.44. The van der Waals surface area contributed by atoms with Crippen molar-refractivity contribution in [3.05, 3.63) is 54.4 Å². The number of hydrogen-bond donors (Lipinski definition) is 0. The molecule has 2 aromatic rings. The summed E-state index contributed by atoms with van der Waals surface area (Å²) in [5, 5.41) is 0. The lowest BCUT2D eigenvalue weighted by Gasteiger charge is -2.03. The molecular formula is C11H4BrCl2FOS. The standard InChI is InChI=1S/C11H4BrCl2FOS/c12-6-2-1-3-7(15)9(6)10(16)5-4-8(13)17-11(5)14/h1-4H. The Morgan fingerprint density at radius 1 is 1.35 bits per heavy atom. The van der Waals surface area contributed by atoms with Crippen molar-refractivity contribution < 1.29 is 9.18 Å². The Morgan fingerprint density at radius 3 is 2.59 bits per heavy atom. The summed E-state index contributed by atoms with van der Waals surface area (Å²) in [5.41, 5.74) is 0.177. The number of rotatable bonds is 2. The molecular weight excluding hydrogens is 350 g/mol. The van der Waals surface area contributed by atoms with E-state index in [-0.39, 0.29) is 15.5 Å². The molecule has 0 amide bonds. The van der Waals surface area contributed by atoms with Crippen molar-refractivity contribution in [2.24, 2.45) is 0 Å². The van der Waals surface area contributed by atoms with Gasteiger partial charge >= 0.3 is 0 Å². The second kappa shape index (κ2) is 5.06. The minimum absolute atomic E-state index is 0.0381. The molecule has 1 aromatic heterocycles. The topological polar surface area (TPSA) is 17.1 Å². The maximum Gasteiger partial charge on any atom is 0.199 e. The molecule has 88 valence electrons. The van der Waals surface area contributed by atoms with Gasteiger partial charge in [0.05, 0.1) is 15.5 Å². The van der Waals surface area contributed by atoms with Gasteiger partial charge in [0.1, 0.15) is 10.2 Å². The van der Waals surface area contributed by atoms with Gasteiger partial charge in [0.25, 0.3) is 0 Å². The van der Waals surface area contributed by atoms with Crippen LogP contribution in [0.25, 0.3) is 0 Å². The Bertz CT molecular complexity index is 577. The molecule has 0 unspecified atom stereocenters. The van der Waals surface area contributed by atoms with Crippen molar-refractivity contribution in [3.8, 4) is 0 Å². The van der Waals surface area contributed by atoms with E-state index in [9.17, 15) is 9.18 Å². The molecule has 0 spiro atoms. The highest BCUT2D eigenvalue weighted by Crippen LogP contribution is 2.34. The van der Waals surface area contributed by atoms with Crippen molar-refractivity contribution in [1.82, 2.24) is 0 Å². The summed E-state index contributed by atoms with van der Waals surface area (Å²) in [5.74, 6) is -1.08. The number of carbonyl (C=O) groups excluding carboxylic acids is 1. The molecule has 0 N–H and O–H groups in total. The highest BCUT2D eigenvalue weighted by molar-refractivity contribution is 9.10. The first kappa shape index (κ1) is 13.0. The van der Waals surface area contributed by atoms with Crippen LogP contribution in [0.1, 0.15) is 15.9 Å². The van der Waals surface area contributed by atoms with Crippen LogP contribution < -0.4 is 0 Å². The van der Waals surface area contributed by atoms with E-state index >= 15 is 0 Å². The number of hydrogen-bond acceptors (Lipinski definition) is 2. The van der Waals surface area contributed by atoms with Crippen LogP contribution in [0.5, 0.6) is 0 Å². The molecule has 17 heavy (non-hydrogen) atoms. The SMILES string of the molecule is O=C(c1cc(Cl)sc1Cl)c1c(F)cccc1Br. The van der Waals surface area contributed by atoms with Gasteiger partial charge in [0.2, 0.25) is 0 Å². The van der Waals surface area contributed by atoms with Gasteiger partial charge in [-0.2, -0.15) is 0 Å². The summed E-state index contributed by atoms with van der Waals surface area (Å²) in [7, 11) is 0. The molecule has 2 rings (SSSR count). The monoisotopic (exact) mass is 352 g/mol. The first-order chi connectivity index (χ1) is 8.00. The Balaban J connectivity index is 2.55. The maximum absolute atomic E-state index is 13.6. The van der Waals surface area contributed by atoms with Gasteiger partial charge in [-0.25, -0.2) is 4.39 Å². The zero-order valence-corrected chi connectivity index (χ0v) is 12.1. The number of halogens is 4. The van der Waals surface area contributed by atoms with Gasteiger partial charge in [0, 0.05) is 4.47 Å². The molecule has 0 bridgehead atoms. The van der Waals surface area contributed by atoms with Crippen LogP contribution in [0.2, 0.25) is 8.67 Å². The van der Waals surface area contributed by atoms with Crippen LogP contribution in [0, 0.1) is 5.82 Å². The molecule has 0 fully saturated rings. The fraction of sp³-hybridized carbons (Fsp3) is 0. The van der Waals surface area contributed by atoms with Gasteiger partial charge in [-0.05, 0) is 34.1 Å². The molecule has 6 heteroatoms. The van der Waals surface area contributed by atoms with Crippen LogP contribution in [-0.4, -0.2) is 5.78 Å². The van der Waals surface area contributed by atoms with Gasteiger partial charge in [0.15, 0.2) is 5.78 Å². The number of ketones is 1. The Hall–Kier alpha value is -0.420. The summed E-state index contributed by atoms with van der Waals surface area (Å²) in [6.45, 7) is 0. The van der Waals surface area contributed by atoms with Crippen molar-refractivity contribution in [2.75, 3.05) is 0 Å². The van der Waals surface area contributed by atoms with Crippen molar-refractivity contribution in [3.63, 3.8) is 0 Å². The molecule has 1 nitrogen and oxygen atoms in total. The zero-order chi connectivity index (χ0) is 12.6. The molecule has 0 aliphatic carbocycles. The smallest absolute Gasteiger partial charge is 0.199 e. The average Bonchev–Trinajstić information content (AvgIpc) is 2.57. The lowest BCUT2D eigenvalue weighted by molar-refractivity contribution is 0.103. The van der Waals surface area contributed by atoms with Gasteiger partial charge in [-0.15, -0.1) is 11.3 Å². The van der Waals surface area contributed by atoms with Gasteiger partial charge in [-0.3, -0.25) is 4.79 Å². The van der Waals surface area contributed by atoms with Crippen LogP contribution >= 0.6 is 50.5 Å². The summed E-state index contributed by atoms with van der Waals surface area (Å²) in [6.07, 6.45) is 0. The van der Waals surface area contributed by atoms with E-state index in [4.69, 9.17) is 23.2 Å². The van der Waals surface area contributed by atoms with E-state index in [2.05, 4.69) is 15.9 Å². The van der Waals surface area contributed by atoms with E-state index in [0.29, 0.717) is 8.81 Å². The normalized spacial score (nSPS) is 10.6. The van der Waals surface area contributed by atoms with Crippen LogP contribution in [0.15, 0.2) is 28.7 Å². The third-order valence-corrected chi connectivity index (χ3v) is 4.24. The van der Waals surface area contributed by atoms with E-state index in [1.165, 1.54) is 18.2 Å². The summed E-state index contributed by atoms with van der Waals surface area (Å²) < 4.78 is 14.6. The Morgan fingerprint density at radius 2 is 2.06 bits per heavy atom. The Labute approximate surface area is 119 Å². The zero-order valence-electron chi connectivity index (χ0n) is 8.14. The lowest BCUT2D eigenvalue weighted by atomic mass is 10.1. The Kier molecular flexibility index (Phi) is 3.88. The van der Waals surface area contributed by atoms with Gasteiger partial charge < -0.3 is 0 Å². The first-order valence-corrected chi connectivity index (χ1v) is 6.81. The minimum Gasteiger partial charge on any atom is -0.288 e. The molecule has 1 heterocycles. The molecule has 0 aliphatic heterocycles. The summed E-state index contributed by atoms with van der Waals surface area (Å²) in [6, 6.07) is 5.77. The molecule has 0 aliphatic rings.